The fourth-order valence-electron chi connectivity index (χ4n) is 4.29. The zero-order valence-corrected chi connectivity index (χ0v) is 18.0. The molecule has 2 aliphatic rings. The normalized spacial score (nSPS) is 19.3. The van der Waals surface area contributed by atoms with Gasteiger partial charge < -0.3 is 9.64 Å². The molecule has 2 heterocycles. The number of aromatic nitrogens is 1. The molecule has 1 amide bonds. The van der Waals surface area contributed by atoms with Crippen molar-refractivity contribution in [2.75, 3.05) is 19.7 Å². The highest BCUT2D eigenvalue weighted by Crippen LogP contribution is 2.45. The van der Waals surface area contributed by atoms with Gasteiger partial charge >= 0.3 is 6.09 Å². The second kappa shape index (κ2) is 8.26. The van der Waals surface area contributed by atoms with E-state index in [0.29, 0.717) is 25.6 Å². The van der Waals surface area contributed by atoms with Gasteiger partial charge in [0.2, 0.25) is 0 Å². The van der Waals surface area contributed by atoms with E-state index >= 15 is 0 Å². The molecule has 6 heteroatoms. The maximum Gasteiger partial charge on any atom is 0.409 e. The molecule has 0 saturated carbocycles. The lowest BCUT2D eigenvalue weighted by molar-refractivity contribution is 0.0900. The Kier molecular flexibility index (Phi) is 5.74. The predicted molar refractivity (Wildman–Crippen MR) is 116 cm³/mol. The zero-order valence-electron chi connectivity index (χ0n) is 15.7. The number of fused-ring (bicyclic) bond motifs is 2. The average Bonchev–Trinajstić information content (AvgIpc) is 2.82. The van der Waals surface area contributed by atoms with Gasteiger partial charge in [0.25, 0.3) is 0 Å². The second-order valence-electron chi connectivity index (χ2n) is 7.20. The largest absolute Gasteiger partial charge is 0.450 e. The van der Waals surface area contributed by atoms with Crippen LogP contribution in [0.1, 0.15) is 48.1 Å². The highest BCUT2D eigenvalue weighted by atomic mass is 79.9. The van der Waals surface area contributed by atoms with E-state index < -0.39 is 0 Å². The minimum Gasteiger partial charge on any atom is -0.450 e. The van der Waals surface area contributed by atoms with Crippen molar-refractivity contribution in [3.05, 3.63) is 63.9 Å². The Morgan fingerprint density at radius 2 is 2.11 bits per heavy atom. The predicted octanol–water partition coefficient (Wildman–Crippen LogP) is 5.94. The Balaban J connectivity index is 1.70. The molecule has 2 aromatic rings. The van der Waals surface area contributed by atoms with Crippen LogP contribution in [0.15, 0.2) is 36.5 Å². The van der Waals surface area contributed by atoms with E-state index in [4.69, 9.17) is 21.3 Å². The van der Waals surface area contributed by atoms with Crippen molar-refractivity contribution >= 4 is 44.2 Å². The molecule has 0 radical (unpaired) electrons. The van der Waals surface area contributed by atoms with E-state index in [1.807, 2.05) is 36.2 Å². The molecular weight excluding hydrogens is 440 g/mol. The van der Waals surface area contributed by atoms with Crippen LogP contribution in [0, 0.1) is 5.92 Å². The van der Waals surface area contributed by atoms with Gasteiger partial charge in [0.05, 0.1) is 12.3 Å². The van der Waals surface area contributed by atoms with Crippen LogP contribution < -0.4 is 0 Å². The van der Waals surface area contributed by atoms with Gasteiger partial charge in [0.15, 0.2) is 0 Å². The molecule has 146 valence electrons. The molecule has 28 heavy (non-hydrogen) atoms. The highest BCUT2D eigenvalue weighted by Gasteiger charge is 2.35. The van der Waals surface area contributed by atoms with Gasteiger partial charge in [-0.3, -0.25) is 4.98 Å². The summed E-state index contributed by atoms with van der Waals surface area (Å²) in [4.78, 5) is 18.7. The number of nitrogens with zero attached hydrogens (tertiary/aromatic N) is 2. The summed E-state index contributed by atoms with van der Waals surface area (Å²) >= 11 is 10.0. The topological polar surface area (TPSA) is 42.4 Å². The molecule has 0 bridgehead atoms. The summed E-state index contributed by atoms with van der Waals surface area (Å²) in [5, 5.41) is 0.727. The quantitative estimate of drug-likeness (QED) is 0.555. The van der Waals surface area contributed by atoms with E-state index in [1.54, 1.807) is 0 Å². The lowest BCUT2D eigenvalue weighted by Crippen LogP contribution is -2.40. The first-order valence-electron chi connectivity index (χ1n) is 9.62. The van der Waals surface area contributed by atoms with Gasteiger partial charge in [-0.25, -0.2) is 4.79 Å². The van der Waals surface area contributed by atoms with Gasteiger partial charge in [-0.05, 0) is 61.1 Å². The summed E-state index contributed by atoms with van der Waals surface area (Å²) in [6.45, 7) is 3.66. The smallest absolute Gasteiger partial charge is 0.409 e. The number of rotatable bonds is 2. The van der Waals surface area contributed by atoms with Crippen LogP contribution in [0.4, 0.5) is 4.79 Å². The maximum absolute atomic E-state index is 12.1. The third kappa shape index (κ3) is 3.70. The minimum absolute atomic E-state index is 0.166. The van der Waals surface area contributed by atoms with Gasteiger partial charge in [-0.1, -0.05) is 39.7 Å². The third-order valence-electron chi connectivity index (χ3n) is 5.59. The molecule has 1 atom stereocenters. The number of amides is 1. The summed E-state index contributed by atoms with van der Waals surface area (Å²) in [5.41, 5.74) is 4.57. The van der Waals surface area contributed by atoms with Crippen LogP contribution in [0.3, 0.4) is 0 Å². The molecule has 0 N–H and O–H groups in total. The molecular formula is C22H22BrClN2O2. The second-order valence-corrected chi connectivity index (χ2v) is 8.49. The van der Waals surface area contributed by atoms with Gasteiger partial charge in [0.1, 0.15) is 0 Å². The molecule has 1 aliphatic heterocycles. The van der Waals surface area contributed by atoms with Crippen molar-refractivity contribution in [2.24, 2.45) is 5.92 Å². The summed E-state index contributed by atoms with van der Waals surface area (Å²) in [7, 11) is 0. The van der Waals surface area contributed by atoms with E-state index in [1.165, 1.54) is 5.56 Å². The monoisotopic (exact) mass is 460 g/mol. The van der Waals surface area contributed by atoms with Gasteiger partial charge in [0, 0.05) is 40.3 Å². The van der Waals surface area contributed by atoms with E-state index in [9.17, 15) is 4.79 Å². The number of piperidine rings is 1. The first-order valence-corrected chi connectivity index (χ1v) is 10.8. The Hall–Kier alpha value is -1.85. The van der Waals surface area contributed by atoms with Crippen molar-refractivity contribution in [2.45, 2.75) is 25.7 Å². The average molecular weight is 462 g/mol. The number of hydrogen-bond acceptors (Lipinski definition) is 3. The van der Waals surface area contributed by atoms with Crippen molar-refractivity contribution in [1.29, 1.82) is 0 Å². The Morgan fingerprint density at radius 1 is 1.32 bits per heavy atom. The zero-order chi connectivity index (χ0) is 19.7. The number of pyridine rings is 1. The van der Waals surface area contributed by atoms with Crippen LogP contribution >= 0.6 is 27.5 Å². The number of carbonyl (C=O) groups is 1. The van der Waals surface area contributed by atoms with Gasteiger partial charge in [-0.15, -0.1) is 0 Å². The maximum atomic E-state index is 12.1. The van der Waals surface area contributed by atoms with Crippen molar-refractivity contribution < 1.29 is 9.53 Å². The molecule has 1 aromatic heterocycles. The SMILES string of the molecule is CCOC(=O)N1CCC(C2c3ccc(Cl)cc3C=C(Br)c3cccnc32)CC1. The standard InChI is InChI=1S/C22H22BrClN2O2/c1-2-28-22(27)26-10-7-14(8-11-26)20-17-6-5-16(24)12-15(17)13-19(23)18-4-3-9-25-21(18)20/h3-6,9,12-14,20H,2,7-8,10-11H2,1H3. The van der Waals surface area contributed by atoms with Crippen molar-refractivity contribution in [1.82, 2.24) is 9.88 Å². The third-order valence-corrected chi connectivity index (χ3v) is 6.48. The van der Waals surface area contributed by atoms with Crippen LogP contribution in [0.2, 0.25) is 5.02 Å². The summed E-state index contributed by atoms with van der Waals surface area (Å²) in [6, 6.07) is 10.2. The summed E-state index contributed by atoms with van der Waals surface area (Å²) in [5.74, 6) is 0.560. The lowest BCUT2D eigenvalue weighted by Gasteiger charge is -2.36. The number of likely N-dealkylation sites (tertiary alicyclic amines) is 1. The summed E-state index contributed by atoms with van der Waals surface area (Å²) < 4.78 is 6.19. The number of hydrogen-bond donors (Lipinski definition) is 0. The Labute approximate surface area is 178 Å². The van der Waals surface area contributed by atoms with Crippen LogP contribution in [-0.2, 0) is 4.74 Å². The van der Waals surface area contributed by atoms with E-state index in [2.05, 4.69) is 34.1 Å². The fraction of sp³-hybridized carbons (Fsp3) is 0.364. The molecule has 1 aliphatic carbocycles. The van der Waals surface area contributed by atoms with Gasteiger partial charge in [-0.2, -0.15) is 0 Å². The number of benzene rings is 1. The first kappa shape index (κ1) is 19.5. The molecule has 0 spiro atoms. The van der Waals surface area contributed by atoms with Crippen molar-refractivity contribution in [3.63, 3.8) is 0 Å². The fourth-order valence-corrected chi connectivity index (χ4v) is 5.05. The molecule has 1 saturated heterocycles. The lowest BCUT2D eigenvalue weighted by atomic mass is 9.76. The molecule has 4 rings (SSSR count). The summed E-state index contributed by atoms with van der Waals surface area (Å²) in [6.07, 6.45) is 5.62. The molecule has 4 nitrogen and oxygen atoms in total. The van der Waals surface area contributed by atoms with Crippen LogP contribution in [-0.4, -0.2) is 35.7 Å². The molecule has 1 unspecified atom stereocenters. The van der Waals surface area contributed by atoms with Crippen LogP contribution in [0.25, 0.3) is 10.6 Å². The molecule has 1 fully saturated rings. The number of ether oxygens (including phenoxy) is 1. The number of halogens is 2. The van der Waals surface area contributed by atoms with Crippen LogP contribution in [0.5, 0.6) is 0 Å². The van der Waals surface area contributed by atoms with E-state index in [0.717, 1.165) is 39.2 Å². The van der Waals surface area contributed by atoms with Crippen molar-refractivity contribution in [3.8, 4) is 0 Å². The molecule has 1 aromatic carbocycles. The first-order chi connectivity index (χ1) is 13.6. The van der Waals surface area contributed by atoms with E-state index in [-0.39, 0.29) is 12.0 Å². The Morgan fingerprint density at radius 3 is 2.86 bits per heavy atom. The number of carbonyl (C=O) groups excluding carboxylic acids is 1. The minimum atomic E-state index is -0.211. The Bertz CT molecular complexity index is 923. The highest BCUT2D eigenvalue weighted by molar-refractivity contribution is 9.15.